The Morgan fingerprint density at radius 2 is 2.12 bits per heavy atom. The summed E-state index contributed by atoms with van der Waals surface area (Å²) in [5, 5.41) is 13.4. The van der Waals surface area contributed by atoms with E-state index in [2.05, 4.69) is 12.2 Å². The van der Waals surface area contributed by atoms with Crippen LogP contribution in [0, 0.1) is 5.82 Å². The lowest BCUT2D eigenvalue weighted by Gasteiger charge is -2.30. The SMILES string of the molecule is CC1COCC(CC(O)c2ccc(F)cc2)N1. The van der Waals surface area contributed by atoms with Crippen molar-refractivity contribution < 1.29 is 14.2 Å². The van der Waals surface area contributed by atoms with Crippen LogP contribution >= 0.6 is 0 Å². The van der Waals surface area contributed by atoms with Gasteiger partial charge in [-0.2, -0.15) is 0 Å². The van der Waals surface area contributed by atoms with E-state index >= 15 is 0 Å². The van der Waals surface area contributed by atoms with Crippen molar-refractivity contribution in [1.29, 1.82) is 0 Å². The van der Waals surface area contributed by atoms with Gasteiger partial charge >= 0.3 is 0 Å². The van der Waals surface area contributed by atoms with Crippen LogP contribution in [0.5, 0.6) is 0 Å². The highest BCUT2D eigenvalue weighted by molar-refractivity contribution is 5.18. The lowest BCUT2D eigenvalue weighted by Crippen LogP contribution is -2.47. The van der Waals surface area contributed by atoms with Crippen molar-refractivity contribution in [3.8, 4) is 0 Å². The highest BCUT2D eigenvalue weighted by atomic mass is 19.1. The third-order valence-electron chi connectivity index (χ3n) is 2.97. The van der Waals surface area contributed by atoms with Crippen molar-refractivity contribution in [2.45, 2.75) is 31.5 Å². The number of aliphatic hydroxyl groups is 1. The third kappa shape index (κ3) is 3.49. The summed E-state index contributed by atoms with van der Waals surface area (Å²) in [5.41, 5.74) is 0.742. The average Bonchev–Trinajstić information content (AvgIpc) is 2.29. The lowest BCUT2D eigenvalue weighted by atomic mass is 10.0. The van der Waals surface area contributed by atoms with Gasteiger partial charge in [-0.25, -0.2) is 4.39 Å². The number of nitrogens with one attached hydrogen (secondary N) is 1. The number of hydrogen-bond acceptors (Lipinski definition) is 3. The molecule has 0 spiro atoms. The van der Waals surface area contributed by atoms with Crippen LogP contribution in [0.3, 0.4) is 0 Å². The summed E-state index contributed by atoms with van der Waals surface area (Å²) in [7, 11) is 0. The topological polar surface area (TPSA) is 41.5 Å². The van der Waals surface area contributed by atoms with E-state index in [0.717, 1.165) is 5.56 Å². The molecule has 1 fully saturated rings. The van der Waals surface area contributed by atoms with E-state index in [1.165, 1.54) is 12.1 Å². The number of rotatable bonds is 3. The molecule has 0 saturated carbocycles. The molecule has 3 nitrogen and oxygen atoms in total. The molecule has 1 aliphatic rings. The van der Waals surface area contributed by atoms with Crippen LogP contribution in [-0.4, -0.2) is 30.4 Å². The molecule has 0 bridgehead atoms. The van der Waals surface area contributed by atoms with Crippen molar-refractivity contribution in [2.75, 3.05) is 13.2 Å². The highest BCUT2D eigenvalue weighted by Gasteiger charge is 2.21. The molecule has 0 aliphatic carbocycles. The second-order valence-corrected chi connectivity index (χ2v) is 4.61. The molecule has 4 heteroatoms. The van der Waals surface area contributed by atoms with E-state index in [-0.39, 0.29) is 11.9 Å². The first-order valence-electron chi connectivity index (χ1n) is 5.92. The van der Waals surface area contributed by atoms with Crippen LogP contribution in [0.15, 0.2) is 24.3 Å². The minimum Gasteiger partial charge on any atom is -0.388 e. The van der Waals surface area contributed by atoms with E-state index in [1.807, 2.05) is 0 Å². The van der Waals surface area contributed by atoms with Gasteiger partial charge in [-0.15, -0.1) is 0 Å². The molecule has 1 aromatic carbocycles. The zero-order valence-electron chi connectivity index (χ0n) is 9.90. The maximum Gasteiger partial charge on any atom is 0.123 e. The Morgan fingerprint density at radius 1 is 1.41 bits per heavy atom. The van der Waals surface area contributed by atoms with Crippen LogP contribution in [-0.2, 0) is 4.74 Å². The fourth-order valence-corrected chi connectivity index (χ4v) is 2.11. The van der Waals surface area contributed by atoms with Crippen molar-refractivity contribution in [3.05, 3.63) is 35.6 Å². The first-order valence-corrected chi connectivity index (χ1v) is 5.92. The van der Waals surface area contributed by atoms with Crippen LogP contribution in [0.25, 0.3) is 0 Å². The van der Waals surface area contributed by atoms with Gasteiger partial charge in [0.15, 0.2) is 0 Å². The number of morpholine rings is 1. The maximum atomic E-state index is 12.7. The molecule has 0 amide bonds. The molecule has 17 heavy (non-hydrogen) atoms. The molecule has 2 rings (SSSR count). The van der Waals surface area contributed by atoms with Crippen molar-refractivity contribution in [3.63, 3.8) is 0 Å². The first kappa shape index (κ1) is 12.5. The summed E-state index contributed by atoms with van der Waals surface area (Å²) >= 11 is 0. The highest BCUT2D eigenvalue weighted by Crippen LogP contribution is 2.20. The number of halogens is 1. The maximum absolute atomic E-state index is 12.7. The lowest BCUT2D eigenvalue weighted by molar-refractivity contribution is 0.0304. The van der Waals surface area contributed by atoms with E-state index in [4.69, 9.17) is 4.74 Å². The molecule has 2 N–H and O–H groups in total. The van der Waals surface area contributed by atoms with E-state index in [9.17, 15) is 9.50 Å². The molecule has 1 saturated heterocycles. The number of benzene rings is 1. The van der Waals surface area contributed by atoms with Crippen molar-refractivity contribution in [2.24, 2.45) is 0 Å². The van der Waals surface area contributed by atoms with Crippen LogP contribution < -0.4 is 5.32 Å². The Hall–Kier alpha value is -0.970. The van der Waals surface area contributed by atoms with Crippen LogP contribution in [0.1, 0.15) is 25.0 Å². The fraction of sp³-hybridized carbons (Fsp3) is 0.538. The minimum absolute atomic E-state index is 0.152. The zero-order valence-corrected chi connectivity index (χ0v) is 9.90. The minimum atomic E-state index is -0.581. The summed E-state index contributed by atoms with van der Waals surface area (Å²) in [5.74, 6) is -0.284. The number of ether oxygens (including phenoxy) is 1. The first-order chi connectivity index (χ1) is 8.15. The Kier molecular flexibility index (Phi) is 4.10. The molecular formula is C13H18FNO2. The second kappa shape index (κ2) is 5.58. The van der Waals surface area contributed by atoms with Gasteiger partial charge in [-0.3, -0.25) is 0 Å². The fourth-order valence-electron chi connectivity index (χ4n) is 2.11. The number of hydrogen-bond donors (Lipinski definition) is 2. The average molecular weight is 239 g/mol. The van der Waals surface area contributed by atoms with E-state index in [1.54, 1.807) is 12.1 Å². The van der Waals surface area contributed by atoms with Gasteiger partial charge in [0.2, 0.25) is 0 Å². The number of aliphatic hydroxyl groups excluding tert-OH is 1. The van der Waals surface area contributed by atoms with Crippen molar-refractivity contribution in [1.82, 2.24) is 5.32 Å². The van der Waals surface area contributed by atoms with Gasteiger partial charge in [0.05, 0.1) is 19.3 Å². The standard InChI is InChI=1S/C13H18FNO2/c1-9-7-17-8-12(15-9)6-13(16)10-2-4-11(14)5-3-10/h2-5,9,12-13,15-16H,6-8H2,1H3. The Labute approximate surface area is 101 Å². The predicted octanol–water partition coefficient (Wildman–Crippen LogP) is 1.63. The Morgan fingerprint density at radius 3 is 2.76 bits per heavy atom. The van der Waals surface area contributed by atoms with Crippen LogP contribution in [0.2, 0.25) is 0 Å². The molecule has 3 unspecified atom stereocenters. The smallest absolute Gasteiger partial charge is 0.123 e. The van der Waals surface area contributed by atoms with Gasteiger partial charge in [0, 0.05) is 12.1 Å². The van der Waals surface area contributed by atoms with E-state index in [0.29, 0.717) is 25.7 Å². The Balaban J connectivity index is 1.91. The second-order valence-electron chi connectivity index (χ2n) is 4.61. The molecule has 94 valence electrons. The van der Waals surface area contributed by atoms with Gasteiger partial charge in [0.1, 0.15) is 5.82 Å². The van der Waals surface area contributed by atoms with Gasteiger partial charge in [-0.1, -0.05) is 12.1 Å². The molecule has 0 aromatic heterocycles. The van der Waals surface area contributed by atoms with E-state index < -0.39 is 6.10 Å². The van der Waals surface area contributed by atoms with Gasteiger partial charge in [0.25, 0.3) is 0 Å². The van der Waals surface area contributed by atoms with Crippen molar-refractivity contribution >= 4 is 0 Å². The molecule has 1 aromatic rings. The largest absolute Gasteiger partial charge is 0.388 e. The summed E-state index contributed by atoms with van der Waals surface area (Å²) < 4.78 is 18.2. The molecule has 0 radical (unpaired) electrons. The summed E-state index contributed by atoms with van der Waals surface area (Å²) in [6.45, 7) is 3.38. The molecule has 3 atom stereocenters. The molecular weight excluding hydrogens is 221 g/mol. The Bertz CT molecular complexity index is 355. The van der Waals surface area contributed by atoms with Crippen LogP contribution in [0.4, 0.5) is 4.39 Å². The summed E-state index contributed by atoms with van der Waals surface area (Å²) in [6, 6.07) is 6.44. The quantitative estimate of drug-likeness (QED) is 0.842. The normalized spacial score (nSPS) is 26.8. The van der Waals surface area contributed by atoms with Gasteiger partial charge < -0.3 is 15.2 Å². The third-order valence-corrected chi connectivity index (χ3v) is 2.97. The zero-order chi connectivity index (χ0) is 12.3. The predicted molar refractivity (Wildman–Crippen MR) is 63.2 cm³/mol. The molecule has 1 heterocycles. The molecule has 1 aliphatic heterocycles. The summed E-state index contributed by atoms with van der Waals surface area (Å²) in [4.78, 5) is 0. The summed E-state index contributed by atoms with van der Waals surface area (Å²) in [6.07, 6.45) is -0.00214. The monoisotopic (exact) mass is 239 g/mol. The van der Waals surface area contributed by atoms with Gasteiger partial charge in [-0.05, 0) is 31.0 Å².